The summed E-state index contributed by atoms with van der Waals surface area (Å²) < 4.78 is 0. The van der Waals surface area contributed by atoms with Gasteiger partial charge in [-0.3, -0.25) is 4.79 Å². The second-order valence-electron chi connectivity index (χ2n) is 5.57. The van der Waals surface area contributed by atoms with Crippen molar-refractivity contribution in [1.29, 1.82) is 0 Å². The molecule has 0 fully saturated rings. The molecule has 0 amide bonds. The Morgan fingerprint density at radius 2 is 1.90 bits per heavy atom. The van der Waals surface area contributed by atoms with Gasteiger partial charge in [0.15, 0.2) is 5.82 Å². The van der Waals surface area contributed by atoms with E-state index in [9.17, 15) is 4.79 Å². The van der Waals surface area contributed by atoms with Crippen molar-refractivity contribution in [3.8, 4) is 11.5 Å². The second kappa shape index (κ2) is 5.48. The van der Waals surface area contributed by atoms with Crippen LogP contribution in [0.5, 0.6) is 0 Å². The van der Waals surface area contributed by atoms with Crippen molar-refractivity contribution in [3.05, 3.63) is 58.5 Å². The molecule has 0 aliphatic rings. The molecule has 4 nitrogen and oxygen atoms in total. The molecule has 0 saturated heterocycles. The first-order valence-corrected chi connectivity index (χ1v) is 7.08. The molecule has 0 radical (unpaired) electrons. The van der Waals surface area contributed by atoms with Gasteiger partial charge in [-0.05, 0) is 24.5 Å². The highest BCUT2D eigenvalue weighted by Gasteiger charge is 2.07. The molecule has 1 aromatic carbocycles. The average Bonchev–Trinajstić information content (AvgIpc) is 2.45. The smallest absolute Gasteiger partial charge is 0.251 e. The molecule has 1 N–H and O–H groups in total. The van der Waals surface area contributed by atoms with Crippen LogP contribution in [0.15, 0.2) is 47.3 Å². The van der Waals surface area contributed by atoms with Crippen molar-refractivity contribution in [2.45, 2.75) is 20.3 Å². The maximum absolute atomic E-state index is 11.8. The predicted molar refractivity (Wildman–Crippen MR) is 84.1 cm³/mol. The Morgan fingerprint density at radius 3 is 2.71 bits per heavy atom. The zero-order valence-corrected chi connectivity index (χ0v) is 12.1. The fourth-order valence-corrected chi connectivity index (χ4v) is 2.35. The van der Waals surface area contributed by atoms with E-state index in [-0.39, 0.29) is 5.56 Å². The van der Waals surface area contributed by atoms with Crippen LogP contribution in [-0.4, -0.2) is 15.0 Å². The maximum atomic E-state index is 11.8. The molecule has 0 unspecified atom stereocenters. The van der Waals surface area contributed by atoms with E-state index in [1.807, 2.05) is 36.4 Å². The Balaban J connectivity index is 2.09. The van der Waals surface area contributed by atoms with Crippen molar-refractivity contribution >= 4 is 10.9 Å². The Morgan fingerprint density at radius 1 is 1.10 bits per heavy atom. The lowest BCUT2D eigenvalue weighted by molar-refractivity contribution is 0.633. The van der Waals surface area contributed by atoms with E-state index in [1.165, 1.54) is 0 Å². The van der Waals surface area contributed by atoms with Crippen LogP contribution < -0.4 is 5.56 Å². The van der Waals surface area contributed by atoms with E-state index < -0.39 is 0 Å². The minimum absolute atomic E-state index is 0.134. The third-order valence-electron chi connectivity index (χ3n) is 3.25. The van der Waals surface area contributed by atoms with Gasteiger partial charge < -0.3 is 4.98 Å². The summed E-state index contributed by atoms with van der Waals surface area (Å²) in [5.41, 5.74) is 2.26. The van der Waals surface area contributed by atoms with Crippen LogP contribution >= 0.6 is 0 Å². The number of fused-ring (bicyclic) bond motifs is 1. The van der Waals surface area contributed by atoms with Crippen molar-refractivity contribution in [2.24, 2.45) is 5.92 Å². The Hall–Kier alpha value is -2.49. The van der Waals surface area contributed by atoms with Crippen LogP contribution in [-0.2, 0) is 6.42 Å². The summed E-state index contributed by atoms with van der Waals surface area (Å²) in [5, 5.41) is 1.07. The number of rotatable bonds is 3. The fourth-order valence-electron chi connectivity index (χ4n) is 2.35. The molecule has 2 aromatic heterocycles. The molecule has 3 aromatic rings. The lowest BCUT2D eigenvalue weighted by Crippen LogP contribution is -2.12. The number of hydrogen-bond donors (Lipinski definition) is 1. The van der Waals surface area contributed by atoms with Gasteiger partial charge in [0.25, 0.3) is 5.56 Å². The molecule has 0 spiro atoms. The van der Waals surface area contributed by atoms with Crippen LogP contribution in [0.2, 0.25) is 0 Å². The van der Waals surface area contributed by atoms with Gasteiger partial charge in [0.1, 0.15) is 5.69 Å². The summed E-state index contributed by atoms with van der Waals surface area (Å²) in [6, 6.07) is 13.3. The zero-order chi connectivity index (χ0) is 14.8. The lowest BCUT2D eigenvalue weighted by atomic mass is 10.1. The molecule has 0 atom stereocenters. The molecule has 4 heteroatoms. The first-order chi connectivity index (χ1) is 10.1. The number of para-hydroxylation sites is 1. The van der Waals surface area contributed by atoms with E-state index in [2.05, 4.69) is 28.8 Å². The number of nitrogens with one attached hydrogen (secondary N) is 1. The minimum atomic E-state index is -0.134. The van der Waals surface area contributed by atoms with Gasteiger partial charge in [-0.15, -0.1) is 0 Å². The summed E-state index contributed by atoms with van der Waals surface area (Å²) in [5.74, 6) is 0.987. The lowest BCUT2D eigenvalue weighted by Gasteiger charge is -2.07. The summed E-state index contributed by atoms with van der Waals surface area (Å²) in [7, 11) is 0. The molecule has 21 heavy (non-hydrogen) atoms. The molecule has 3 rings (SSSR count). The molecule has 0 aliphatic heterocycles. The second-order valence-corrected chi connectivity index (χ2v) is 5.57. The normalized spacial score (nSPS) is 11.2. The number of aromatic amines is 1. The van der Waals surface area contributed by atoms with Crippen molar-refractivity contribution in [1.82, 2.24) is 15.0 Å². The maximum Gasteiger partial charge on any atom is 0.251 e. The summed E-state index contributed by atoms with van der Waals surface area (Å²) in [6.07, 6.45) is 0.782. The molecule has 0 aliphatic carbocycles. The minimum Gasteiger partial charge on any atom is -0.305 e. The summed E-state index contributed by atoms with van der Waals surface area (Å²) in [4.78, 5) is 23.7. The Labute approximate surface area is 122 Å². The van der Waals surface area contributed by atoms with E-state index >= 15 is 0 Å². The van der Waals surface area contributed by atoms with Gasteiger partial charge in [0.05, 0.1) is 5.52 Å². The van der Waals surface area contributed by atoms with Gasteiger partial charge in [0.2, 0.25) is 0 Å². The zero-order valence-electron chi connectivity index (χ0n) is 12.1. The number of aromatic nitrogens is 3. The highest BCUT2D eigenvalue weighted by Crippen LogP contribution is 2.17. The predicted octanol–water partition coefficient (Wildman–Crippen LogP) is 3.18. The van der Waals surface area contributed by atoms with Gasteiger partial charge in [0, 0.05) is 17.1 Å². The number of hydrogen-bond acceptors (Lipinski definition) is 3. The molecular formula is C17H17N3O. The average molecular weight is 279 g/mol. The summed E-state index contributed by atoms with van der Waals surface area (Å²) in [6.45, 7) is 4.22. The standard InChI is InChI=1S/C17H17N3O/c1-11(2)9-13-10-16(21)20-17(18-13)15-8-7-12-5-3-4-6-14(12)19-15/h3-8,10-11H,9H2,1-2H3,(H,18,20,21). The van der Waals surface area contributed by atoms with Crippen molar-refractivity contribution < 1.29 is 0 Å². The third-order valence-corrected chi connectivity index (χ3v) is 3.25. The van der Waals surface area contributed by atoms with Crippen LogP contribution in [0.3, 0.4) is 0 Å². The van der Waals surface area contributed by atoms with Gasteiger partial charge in [-0.2, -0.15) is 0 Å². The number of nitrogens with zero attached hydrogens (tertiary/aromatic N) is 2. The largest absolute Gasteiger partial charge is 0.305 e. The Kier molecular flexibility index (Phi) is 3.52. The van der Waals surface area contributed by atoms with Gasteiger partial charge in [-0.1, -0.05) is 38.1 Å². The molecule has 0 bridgehead atoms. The van der Waals surface area contributed by atoms with Gasteiger partial charge >= 0.3 is 0 Å². The van der Waals surface area contributed by atoms with E-state index in [0.717, 1.165) is 23.0 Å². The Bertz CT molecular complexity index is 837. The molecule has 106 valence electrons. The van der Waals surface area contributed by atoms with E-state index in [4.69, 9.17) is 0 Å². The van der Waals surface area contributed by atoms with Crippen LogP contribution in [0.4, 0.5) is 0 Å². The monoisotopic (exact) mass is 279 g/mol. The third kappa shape index (κ3) is 2.99. The fraction of sp³-hybridized carbons (Fsp3) is 0.235. The van der Waals surface area contributed by atoms with E-state index in [1.54, 1.807) is 6.07 Å². The first-order valence-electron chi connectivity index (χ1n) is 7.08. The topological polar surface area (TPSA) is 58.6 Å². The number of benzene rings is 1. The van der Waals surface area contributed by atoms with E-state index in [0.29, 0.717) is 17.4 Å². The summed E-state index contributed by atoms with van der Waals surface area (Å²) >= 11 is 0. The number of H-pyrrole nitrogens is 1. The van der Waals surface area contributed by atoms with Gasteiger partial charge in [-0.25, -0.2) is 9.97 Å². The SMILES string of the molecule is CC(C)Cc1cc(=O)[nH]c(-c2ccc3ccccc3n2)n1. The first kappa shape index (κ1) is 13.5. The molecule has 0 saturated carbocycles. The van der Waals surface area contributed by atoms with Crippen LogP contribution in [0, 0.1) is 5.92 Å². The van der Waals surface area contributed by atoms with Crippen molar-refractivity contribution in [2.75, 3.05) is 0 Å². The van der Waals surface area contributed by atoms with Crippen LogP contribution in [0.25, 0.3) is 22.4 Å². The van der Waals surface area contributed by atoms with Crippen LogP contribution in [0.1, 0.15) is 19.5 Å². The molecular weight excluding hydrogens is 262 g/mol. The quantitative estimate of drug-likeness (QED) is 0.801. The number of pyridine rings is 1. The molecule has 2 heterocycles. The highest BCUT2D eigenvalue weighted by molar-refractivity contribution is 5.80. The van der Waals surface area contributed by atoms with Crippen molar-refractivity contribution in [3.63, 3.8) is 0 Å². The highest BCUT2D eigenvalue weighted by atomic mass is 16.1.